The fraction of sp³-hybridized carbons (Fsp3) is 0.333. The smallest absolute Gasteiger partial charge is 0.150 e. The quantitative estimate of drug-likeness (QED) is 0.724. The third-order valence-electron chi connectivity index (χ3n) is 2.69. The Bertz CT molecular complexity index is 377. The summed E-state index contributed by atoms with van der Waals surface area (Å²) in [6, 6.07) is 11.9. The van der Waals surface area contributed by atoms with Gasteiger partial charge >= 0.3 is 0 Å². The average molecular weight is 185 g/mol. The Labute approximate surface area is 83.2 Å². The Morgan fingerprint density at radius 1 is 1.43 bits per heavy atom. The number of benzene rings is 1. The van der Waals surface area contributed by atoms with E-state index in [1.807, 2.05) is 36.4 Å². The first-order chi connectivity index (χ1) is 6.83. The van der Waals surface area contributed by atoms with E-state index in [0.717, 1.165) is 6.42 Å². The van der Waals surface area contributed by atoms with Crippen molar-refractivity contribution in [1.82, 2.24) is 0 Å². The number of nitrogens with zero attached hydrogens (tertiary/aromatic N) is 1. The van der Waals surface area contributed by atoms with Crippen molar-refractivity contribution in [2.75, 3.05) is 0 Å². The fourth-order valence-electron chi connectivity index (χ4n) is 1.83. The van der Waals surface area contributed by atoms with Crippen LogP contribution in [0.15, 0.2) is 30.3 Å². The van der Waals surface area contributed by atoms with E-state index in [1.54, 1.807) is 0 Å². The molecule has 0 heterocycles. The van der Waals surface area contributed by atoms with Gasteiger partial charge in [-0.15, -0.1) is 0 Å². The molecule has 1 aromatic rings. The molecule has 1 aliphatic rings. The first-order valence-corrected chi connectivity index (χ1v) is 4.77. The molecule has 0 unspecified atom stereocenters. The number of hydrogen-bond donors (Lipinski definition) is 0. The van der Waals surface area contributed by atoms with E-state index in [4.69, 9.17) is 5.26 Å². The molecule has 0 N–H and O–H groups in total. The molecule has 1 fully saturated rings. The van der Waals surface area contributed by atoms with Crippen molar-refractivity contribution in [3.63, 3.8) is 0 Å². The lowest BCUT2D eigenvalue weighted by atomic mass is 10.1. The van der Waals surface area contributed by atoms with Crippen LogP contribution >= 0.6 is 0 Å². The van der Waals surface area contributed by atoms with Gasteiger partial charge in [-0.05, 0) is 17.9 Å². The minimum atomic E-state index is 0.0635. The summed E-state index contributed by atoms with van der Waals surface area (Å²) >= 11 is 0. The van der Waals surface area contributed by atoms with Crippen LogP contribution in [0.5, 0.6) is 0 Å². The Kier molecular flexibility index (Phi) is 2.32. The zero-order valence-corrected chi connectivity index (χ0v) is 7.81. The second kappa shape index (κ2) is 3.63. The number of ketones is 1. The predicted octanol–water partition coefficient (Wildman–Crippen LogP) is 2.27. The largest absolute Gasteiger partial charge is 0.298 e. The van der Waals surface area contributed by atoms with Crippen LogP contribution in [0, 0.1) is 17.2 Å². The van der Waals surface area contributed by atoms with Gasteiger partial charge in [-0.3, -0.25) is 4.79 Å². The molecule has 0 aromatic heterocycles. The van der Waals surface area contributed by atoms with Gasteiger partial charge in [-0.25, -0.2) is 0 Å². The molecular weight excluding hydrogens is 174 g/mol. The van der Waals surface area contributed by atoms with Gasteiger partial charge in [0.2, 0.25) is 0 Å². The summed E-state index contributed by atoms with van der Waals surface area (Å²) in [6.07, 6.45) is 0.985. The highest BCUT2D eigenvalue weighted by Crippen LogP contribution is 2.48. The molecule has 2 heteroatoms. The van der Waals surface area contributed by atoms with Crippen molar-refractivity contribution in [3.05, 3.63) is 35.9 Å². The molecule has 0 bridgehead atoms. The monoisotopic (exact) mass is 185 g/mol. The molecule has 1 aliphatic carbocycles. The summed E-state index contributed by atoms with van der Waals surface area (Å²) in [7, 11) is 0. The van der Waals surface area contributed by atoms with Crippen molar-refractivity contribution in [1.29, 1.82) is 5.26 Å². The number of hydrogen-bond acceptors (Lipinski definition) is 2. The molecule has 14 heavy (non-hydrogen) atoms. The summed E-state index contributed by atoms with van der Waals surface area (Å²) in [6.45, 7) is 0. The van der Waals surface area contributed by atoms with Gasteiger partial charge < -0.3 is 0 Å². The van der Waals surface area contributed by atoms with Crippen LogP contribution in [0.1, 0.15) is 24.3 Å². The highest BCUT2D eigenvalue weighted by atomic mass is 16.1. The molecule has 1 saturated carbocycles. The second-order valence-corrected chi connectivity index (χ2v) is 3.66. The molecule has 2 atom stereocenters. The van der Waals surface area contributed by atoms with Crippen molar-refractivity contribution >= 4 is 5.78 Å². The molecule has 2 rings (SSSR count). The van der Waals surface area contributed by atoms with Crippen LogP contribution in [0.3, 0.4) is 0 Å². The number of Topliss-reactive ketones (excluding diaryl/α,β-unsaturated/α-hetero) is 1. The Balaban J connectivity index is 2.01. The Hall–Kier alpha value is -1.62. The van der Waals surface area contributed by atoms with Gasteiger partial charge in [-0.2, -0.15) is 5.26 Å². The molecule has 2 nitrogen and oxygen atoms in total. The van der Waals surface area contributed by atoms with Crippen molar-refractivity contribution in [2.45, 2.75) is 18.8 Å². The molecule has 70 valence electrons. The molecule has 0 spiro atoms. The van der Waals surface area contributed by atoms with Crippen LogP contribution in [0.2, 0.25) is 0 Å². The van der Waals surface area contributed by atoms with Gasteiger partial charge in [0, 0.05) is 5.92 Å². The van der Waals surface area contributed by atoms with E-state index in [2.05, 4.69) is 0 Å². The van der Waals surface area contributed by atoms with E-state index in [0.29, 0.717) is 5.92 Å². The highest BCUT2D eigenvalue weighted by molar-refractivity contribution is 5.86. The van der Waals surface area contributed by atoms with Crippen molar-refractivity contribution in [2.24, 2.45) is 5.92 Å². The average Bonchev–Trinajstić information content (AvgIpc) is 2.99. The summed E-state index contributed by atoms with van der Waals surface area (Å²) in [5.74, 6) is 0.579. The van der Waals surface area contributed by atoms with Crippen LogP contribution in [-0.4, -0.2) is 5.78 Å². The van der Waals surface area contributed by atoms with Gasteiger partial charge in [0.05, 0.1) is 12.5 Å². The van der Waals surface area contributed by atoms with Crippen LogP contribution in [0.25, 0.3) is 0 Å². The van der Waals surface area contributed by atoms with Gasteiger partial charge in [0.1, 0.15) is 0 Å². The van der Waals surface area contributed by atoms with E-state index in [1.165, 1.54) is 5.56 Å². The summed E-state index contributed by atoms with van der Waals surface area (Å²) in [5, 5.41) is 8.40. The zero-order valence-electron chi connectivity index (χ0n) is 7.81. The summed E-state index contributed by atoms with van der Waals surface area (Å²) in [4.78, 5) is 11.4. The molecule has 1 aromatic carbocycles. The second-order valence-electron chi connectivity index (χ2n) is 3.66. The van der Waals surface area contributed by atoms with Crippen LogP contribution < -0.4 is 0 Å². The molecule has 0 radical (unpaired) electrons. The predicted molar refractivity (Wildman–Crippen MR) is 52.5 cm³/mol. The SMILES string of the molecule is N#CCC(=O)[C@@H]1C[C@H]1c1ccccc1. The number of rotatable bonds is 3. The third-order valence-corrected chi connectivity index (χ3v) is 2.69. The fourth-order valence-corrected chi connectivity index (χ4v) is 1.83. The number of carbonyl (C=O) groups is 1. The molecular formula is C12H11NO. The topological polar surface area (TPSA) is 40.9 Å². The van der Waals surface area contributed by atoms with Crippen LogP contribution in [0.4, 0.5) is 0 Å². The van der Waals surface area contributed by atoms with Crippen molar-refractivity contribution in [3.8, 4) is 6.07 Å². The number of carbonyl (C=O) groups excluding carboxylic acids is 1. The minimum absolute atomic E-state index is 0.0635. The Morgan fingerprint density at radius 3 is 2.79 bits per heavy atom. The highest BCUT2D eigenvalue weighted by Gasteiger charge is 2.42. The van der Waals surface area contributed by atoms with Crippen LogP contribution in [-0.2, 0) is 4.79 Å². The van der Waals surface area contributed by atoms with E-state index in [-0.39, 0.29) is 18.1 Å². The third kappa shape index (κ3) is 1.67. The summed E-state index contributed by atoms with van der Waals surface area (Å²) in [5.41, 5.74) is 1.23. The molecule has 0 amide bonds. The molecule has 0 aliphatic heterocycles. The maximum atomic E-state index is 11.4. The standard InChI is InChI=1S/C12H11NO/c13-7-6-12(14)11-8-10(11)9-4-2-1-3-5-9/h1-5,10-11H,6,8H2/t10-,11+/m0/s1. The van der Waals surface area contributed by atoms with Gasteiger partial charge in [0.25, 0.3) is 0 Å². The first kappa shape index (κ1) is 8.96. The maximum absolute atomic E-state index is 11.4. The maximum Gasteiger partial charge on any atom is 0.150 e. The van der Waals surface area contributed by atoms with Crippen molar-refractivity contribution < 1.29 is 4.79 Å². The lowest BCUT2D eigenvalue weighted by Crippen LogP contribution is -2.00. The van der Waals surface area contributed by atoms with E-state index < -0.39 is 0 Å². The zero-order chi connectivity index (χ0) is 9.97. The van der Waals surface area contributed by atoms with E-state index in [9.17, 15) is 4.79 Å². The molecule has 0 saturated heterocycles. The first-order valence-electron chi connectivity index (χ1n) is 4.77. The van der Waals surface area contributed by atoms with Gasteiger partial charge in [0.15, 0.2) is 5.78 Å². The summed E-state index contributed by atoms with van der Waals surface area (Å²) < 4.78 is 0. The van der Waals surface area contributed by atoms with E-state index >= 15 is 0 Å². The normalized spacial score (nSPS) is 23.9. The number of nitriles is 1. The minimum Gasteiger partial charge on any atom is -0.298 e. The lowest BCUT2D eigenvalue weighted by molar-refractivity contribution is -0.119. The Morgan fingerprint density at radius 2 is 2.14 bits per heavy atom. The lowest BCUT2D eigenvalue weighted by Gasteiger charge is -1.97. The van der Waals surface area contributed by atoms with Gasteiger partial charge in [-0.1, -0.05) is 30.3 Å².